The molecule has 2 nitrogen and oxygen atoms in total. The van der Waals surface area contributed by atoms with Gasteiger partial charge in [0, 0.05) is 0 Å². The molecule has 3 rings (SSSR count). The second-order valence-corrected chi connectivity index (χ2v) is 6.01. The summed E-state index contributed by atoms with van der Waals surface area (Å²) in [6.07, 6.45) is 3.16. The van der Waals surface area contributed by atoms with Gasteiger partial charge in [-0.05, 0) is 49.4 Å². The fourth-order valence-corrected chi connectivity index (χ4v) is 3.35. The zero-order valence-electron chi connectivity index (χ0n) is 12.3. The molecule has 1 aliphatic heterocycles. The molecule has 21 heavy (non-hydrogen) atoms. The highest BCUT2D eigenvalue weighted by Crippen LogP contribution is 2.37. The monoisotopic (exact) mass is 281 g/mol. The van der Waals surface area contributed by atoms with Gasteiger partial charge in [0.2, 0.25) is 0 Å². The second-order valence-electron chi connectivity index (χ2n) is 6.01. The van der Waals surface area contributed by atoms with E-state index in [1.807, 2.05) is 60.7 Å². The largest absolute Gasteiger partial charge is 0.380 e. The van der Waals surface area contributed by atoms with Crippen LogP contribution in [0.1, 0.15) is 30.4 Å². The van der Waals surface area contributed by atoms with E-state index in [1.54, 1.807) is 0 Å². The van der Waals surface area contributed by atoms with Crippen LogP contribution in [0.5, 0.6) is 0 Å². The third-order valence-electron chi connectivity index (χ3n) is 4.49. The summed E-state index contributed by atoms with van der Waals surface area (Å²) in [4.78, 5) is 0. The van der Waals surface area contributed by atoms with Crippen LogP contribution in [0.2, 0.25) is 0 Å². The topological polar surface area (TPSA) is 32.3 Å². The summed E-state index contributed by atoms with van der Waals surface area (Å²) in [5.41, 5.74) is 1.08. The van der Waals surface area contributed by atoms with E-state index in [0.29, 0.717) is 5.92 Å². The molecule has 0 bridgehead atoms. The van der Waals surface area contributed by atoms with Gasteiger partial charge >= 0.3 is 0 Å². The molecule has 2 N–H and O–H groups in total. The van der Waals surface area contributed by atoms with Crippen LogP contribution in [-0.2, 0) is 5.60 Å². The minimum Gasteiger partial charge on any atom is -0.380 e. The molecule has 1 atom stereocenters. The fourth-order valence-electron chi connectivity index (χ4n) is 3.35. The summed E-state index contributed by atoms with van der Waals surface area (Å²) in [6, 6.07) is 20.1. The van der Waals surface area contributed by atoms with Crippen LogP contribution in [-0.4, -0.2) is 18.2 Å². The van der Waals surface area contributed by atoms with Crippen molar-refractivity contribution in [1.29, 1.82) is 0 Å². The van der Waals surface area contributed by atoms with Gasteiger partial charge in [-0.1, -0.05) is 60.7 Å². The van der Waals surface area contributed by atoms with Crippen molar-refractivity contribution in [1.82, 2.24) is 5.32 Å². The number of nitrogens with one attached hydrogen (secondary N) is 1. The number of hydrogen-bond donors (Lipinski definition) is 2. The first kappa shape index (κ1) is 14.3. The molecule has 1 unspecified atom stereocenters. The second kappa shape index (κ2) is 6.42. The SMILES string of the molecule is OC(CC1CCCNC1)(c1ccccc1)c1ccccc1. The van der Waals surface area contributed by atoms with Crippen LogP contribution in [0.25, 0.3) is 0 Å². The molecule has 2 aromatic carbocycles. The molecule has 1 heterocycles. The molecule has 0 spiro atoms. The number of piperidine rings is 1. The van der Waals surface area contributed by atoms with E-state index < -0.39 is 5.60 Å². The van der Waals surface area contributed by atoms with Gasteiger partial charge in [0.25, 0.3) is 0 Å². The molecule has 1 aliphatic rings. The Kier molecular flexibility index (Phi) is 4.37. The van der Waals surface area contributed by atoms with E-state index in [4.69, 9.17) is 0 Å². The molecule has 0 saturated carbocycles. The molecule has 2 aromatic rings. The molecule has 110 valence electrons. The number of rotatable bonds is 4. The number of benzene rings is 2. The van der Waals surface area contributed by atoms with E-state index in [2.05, 4.69) is 5.32 Å². The summed E-state index contributed by atoms with van der Waals surface area (Å²) in [7, 11) is 0. The Bertz CT molecular complexity index is 507. The van der Waals surface area contributed by atoms with Crippen molar-refractivity contribution in [3.05, 3.63) is 71.8 Å². The van der Waals surface area contributed by atoms with Gasteiger partial charge in [0.1, 0.15) is 5.60 Å². The van der Waals surface area contributed by atoms with Gasteiger partial charge in [0.15, 0.2) is 0 Å². The summed E-state index contributed by atoms with van der Waals surface area (Å²) < 4.78 is 0. The van der Waals surface area contributed by atoms with Gasteiger partial charge in [0.05, 0.1) is 0 Å². The van der Waals surface area contributed by atoms with Crippen molar-refractivity contribution in [2.24, 2.45) is 5.92 Å². The lowest BCUT2D eigenvalue weighted by Gasteiger charge is -2.35. The van der Waals surface area contributed by atoms with Gasteiger partial charge in [-0.3, -0.25) is 0 Å². The molecule has 0 amide bonds. The average molecular weight is 281 g/mol. The van der Waals surface area contributed by atoms with Gasteiger partial charge in [-0.2, -0.15) is 0 Å². The minimum atomic E-state index is -0.897. The van der Waals surface area contributed by atoms with Crippen molar-refractivity contribution < 1.29 is 5.11 Å². The Morgan fingerprint density at radius 1 is 0.952 bits per heavy atom. The molecule has 0 radical (unpaired) electrons. The maximum Gasteiger partial charge on any atom is 0.115 e. The Morgan fingerprint density at radius 3 is 2.00 bits per heavy atom. The summed E-state index contributed by atoms with van der Waals surface area (Å²) in [5, 5.41) is 14.9. The highest BCUT2D eigenvalue weighted by molar-refractivity contribution is 5.35. The zero-order chi connectivity index (χ0) is 14.5. The van der Waals surface area contributed by atoms with E-state index in [1.165, 1.54) is 12.8 Å². The highest BCUT2D eigenvalue weighted by atomic mass is 16.3. The standard InChI is InChI=1S/C19H23NO/c21-19(17-9-3-1-4-10-17,18-11-5-2-6-12-18)14-16-8-7-13-20-15-16/h1-6,9-12,16,20-21H,7-8,13-15H2. The van der Waals surface area contributed by atoms with Crippen LogP contribution >= 0.6 is 0 Å². The van der Waals surface area contributed by atoms with Crippen molar-refractivity contribution in [2.45, 2.75) is 24.9 Å². The van der Waals surface area contributed by atoms with Crippen LogP contribution < -0.4 is 5.32 Å². The Morgan fingerprint density at radius 2 is 1.52 bits per heavy atom. The van der Waals surface area contributed by atoms with Crippen LogP contribution in [0.4, 0.5) is 0 Å². The maximum absolute atomic E-state index is 11.5. The van der Waals surface area contributed by atoms with Crippen molar-refractivity contribution >= 4 is 0 Å². The predicted molar refractivity (Wildman–Crippen MR) is 86.1 cm³/mol. The highest BCUT2D eigenvalue weighted by Gasteiger charge is 2.34. The first-order valence-corrected chi connectivity index (χ1v) is 7.83. The first-order chi connectivity index (χ1) is 10.3. The zero-order valence-corrected chi connectivity index (χ0v) is 12.3. The van der Waals surface area contributed by atoms with E-state index >= 15 is 0 Å². The first-order valence-electron chi connectivity index (χ1n) is 7.83. The third-order valence-corrected chi connectivity index (χ3v) is 4.49. The molecule has 1 fully saturated rings. The summed E-state index contributed by atoms with van der Waals surface area (Å²) in [5.74, 6) is 0.518. The Balaban J connectivity index is 1.94. The van der Waals surface area contributed by atoms with E-state index in [0.717, 1.165) is 30.6 Å². The van der Waals surface area contributed by atoms with Crippen LogP contribution in [0, 0.1) is 5.92 Å². The van der Waals surface area contributed by atoms with Gasteiger partial charge < -0.3 is 10.4 Å². The Labute approximate surface area is 126 Å². The molecular formula is C19H23NO. The smallest absolute Gasteiger partial charge is 0.115 e. The lowest BCUT2D eigenvalue weighted by molar-refractivity contribution is 0.0476. The predicted octanol–water partition coefficient (Wildman–Crippen LogP) is 3.31. The molecular weight excluding hydrogens is 258 g/mol. The average Bonchev–Trinajstić information content (AvgIpc) is 2.57. The van der Waals surface area contributed by atoms with Crippen LogP contribution in [0.15, 0.2) is 60.7 Å². The maximum atomic E-state index is 11.5. The van der Waals surface area contributed by atoms with E-state index in [-0.39, 0.29) is 0 Å². The van der Waals surface area contributed by atoms with E-state index in [9.17, 15) is 5.11 Å². The molecule has 0 aromatic heterocycles. The lowest BCUT2D eigenvalue weighted by atomic mass is 9.77. The fraction of sp³-hybridized carbons (Fsp3) is 0.368. The number of hydrogen-bond acceptors (Lipinski definition) is 2. The van der Waals surface area contributed by atoms with Gasteiger partial charge in [-0.25, -0.2) is 0 Å². The summed E-state index contributed by atoms with van der Waals surface area (Å²) in [6.45, 7) is 2.10. The minimum absolute atomic E-state index is 0.518. The number of aliphatic hydroxyl groups is 1. The molecule has 0 aliphatic carbocycles. The quantitative estimate of drug-likeness (QED) is 0.901. The van der Waals surface area contributed by atoms with Crippen molar-refractivity contribution in [3.63, 3.8) is 0 Å². The van der Waals surface area contributed by atoms with Crippen molar-refractivity contribution in [3.8, 4) is 0 Å². The Hall–Kier alpha value is -1.64. The normalized spacial score (nSPS) is 19.4. The lowest BCUT2D eigenvalue weighted by Crippen LogP contribution is -2.37. The third kappa shape index (κ3) is 3.17. The molecule has 1 saturated heterocycles. The van der Waals surface area contributed by atoms with Crippen LogP contribution in [0.3, 0.4) is 0 Å². The molecule has 2 heteroatoms. The van der Waals surface area contributed by atoms with Crippen molar-refractivity contribution in [2.75, 3.05) is 13.1 Å². The van der Waals surface area contributed by atoms with Gasteiger partial charge in [-0.15, -0.1) is 0 Å². The summed E-state index contributed by atoms with van der Waals surface area (Å²) >= 11 is 0.